The lowest BCUT2D eigenvalue weighted by Gasteiger charge is -2.15. The molecule has 0 aliphatic heterocycles. The first-order chi connectivity index (χ1) is 14.0. The van der Waals surface area contributed by atoms with E-state index >= 15 is 0 Å². The summed E-state index contributed by atoms with van der Waals surface area (Å²) in [6, 6.07) is 13.6. The van der Waals surface area contributed by atoms with Crippen LogP contribution in [0, 0.1) is 13.8 Å². The SMILES string of the molecule is Cc1cc(C(=O)COC(=O)CN(C)c2ncccn2)c(C)n1Cc1ccccc1. The van der Waals surface area contributed by atoms with E-state index in [9.17, 15) is 9.59 Å². The first-order valence-electron chi connectivity index (χ1n) is 9.33. The highest BCUT2D eigenvalue weighted by molar-refractivity contribution is 5.99. The second kappa shape index (κ2) is 9.14. The topological polar surface area (TPSA) is 77.3 Å². The number of ketones is 1. The number of nitrogens with zero attached hydrogens (tertiary/aromatic N) is 4. The maximum Gasteiger partial charge on any atom is 0.326 e. The fraction of sp³-hybridized carbons (Fsp3) is 0.273. The number of aryl methyl sites for hydroxylation is 1. The average molecular weight is 392 g/mol. The summed E-state index contributed by atoms with van der Waals surface area (Å²) in [7, 11) is 1.69. The van der Waals surface area contributed by atoms with E-state index < -0.39 is 5.97 Å². The molecule has 150 valence electrons. The summed E-state index contributed by atoms with van der Waals surface area (Å²) in [5.74, 6) is -0.309. The summed E-state index contributed by atoms with van der Waals surface area (Å²) in [4.78, 5) is 34.4. The lowest BCUT2D eigenvalue weighted by molar-refractivity contribution is -0.140. The number of carbonyl (C=O) groups is 2. The Kier molecular flexibility index (Phi) is 6.39. The van der Waals surface area contributed by atoms with E-state index in [0.29, 0.717) is 18.1 Å². The van der Waals surface area contributed by atoms with E-state index in [1.807, 2.05) is 38.1 Å². The Morgan fingerprint density at radius 3 is 2.45 bits per heavy atom. The number of Topliss-reactive ketones (excluding diaryl/α,β-unsaturated/α-hetero) is 1. The summed E-state index contributed by atoms with van der Waals surface area (Å²) in [5.41, 5.74) is 3.58. The van der Waals surface area contributed by atoms with Crippen LogP contribution in [-0.2, 0) is 16.1 Å². The molecule has 3 aromatic rings. The zero-order chi connectivity index (χ0) is 20.8. The Morgan fingerprint density at radius 2 is 1.76 bits per heavy atom. The molecule has 2 aromatic heterocycles. The molecule has 3 rings (SSSR count). The second-order valence-electron chi connectivity index (χ2n) is 6.85. The molecule has 2 heterocycles. The van der Waals surface area contributed by atoms with E-state index in [-0.39, 0.29) is 18.9 Å². The molecule has 0 amide bonds. The highest BCUT2D eigenvalue weighted by atomic mass is 16.5. The highest BCUT2D eigenvalue weighted by Crippen LogP contribution is 2.18. The number of aromatic nitrogens is 3. The van der Waals surface area contributed by atoms with E-state index in [1.54, 1.807) is 30.4 Å². The number of ether oxygens (including phenoxy) is 1. The molecule has 0 aliphatic carbocycles. The van der Waals surface area contributed by atoms with Crippen LogP contribution in [0.3, 0.4) is 0 Å². The summed E-state index contributed by atoms with van der Waals surface area (Å²) < 4.78 is 7.27. The molecule has 0 unspecified atom stereocenters. The minimum absolute atomic E-state index is 0.0374. The van der Waals surface area contributed by atoms with E-state index in [0.717, 1.165) is 17.0 Å². The predicted molar refractivity (Wildman–Crippen MR) is 110 cm³/mol. The van der Waals surface area contributed by atoms with E-state index in [4.69, 9.17) is 4.74 Å². The molecule has 0 spiro atoms. The molecular weight excluding hydrogens is 368 g/mol. The number of anilines is 1. The van der Waals surface area contributed by atoms with Crippen molar-refractivity contribution in [3.8, 4) is 0 Å². The third-order valence-corrected chi connectivity index (χ3v) is 4.68. The van der Waals surface area contributed by atoms with Crippen LogP contribution in [-0.4, -0.2) is 46.5 Å². The van der Waals surface area contributed by atoms with Gasteiger partial charge in [0.15, 0.2) is 6.61 Å². The van der Waals surface area contributed by atoms with Gasteiger partial charge in [-0.15, -0.1) is 0 Å². The number of hydrogen-bond donors (Lipinski definition) is 0. The summed E-state index contributed by atoms with van der Waals surface area (Å²) in [5, 5.41) is 0. The summed E-state index contributed by atoms with van der Waals surface area (Å²) >= 11 is 0. The van der Waals surface area contributed by atoms with E-state index in [1.165, 1.54) is 0 Å². The quantitative estimate of drug-likeness (QED) is 0.433. The number of likely N-dealkylation sites (N-methyl/N-ethyl adjacent to an activating group) is 1. The van der Waals surface area contributed by atoms with Crippen LogP contribution >= 0.6 is 0 Å². The molecule has 0 N–H and O–H groups in total. The molecule has 7 heteroatoms. The van der Waals surface area contributed by atoms with Crippen LogP contribution in [0.15, 0.2) is 54.9 Å². The van der Waals surface area contributed by atoms with Crippen LogP contribution in [0.2, 0.25) is 0 Å². The first kappa shape index (κ1) is 20.3. The smallest absolute Gasteiger partial charge is 0.326 e. The average Bonchev–Trinajstić information content (AvgIpc) is 3.01. The third kappa shape index (κ3) is 5.07. The Hall–Kier alpha value is -3.48. The number of rotatable bonds is 8. The van der Waals surface area contributed by atoms with Crippen molar-refractivity contribution >= 4 is 17.7 Å². The van der Waals surface area contributed by atoms with Gasteiger partial charge in [0.1, 0.15) is 6.54 Å². The molecule has 0 aliphatic rings. The van der Waals surface area contributed by atoms with Crippen LogP contribution in [0.25, 0.3) is 0 Å². The fourth-order valence-corrected chi connectivity index (χ4v) is 3.11. The van der Waals surface area contributed by atoms with Crippen LogP contribution in [0.5, 0.6) is 0 Å². The summed E-state index contributed by atoms with van der Waals surface area (Å²) in [6.45, 7) is 4.23. The standard InChI is InChI=1S/C22H24N4O3/c1-16-12-19(17(2)26(16)13-18-8-5-4-6-9-18)20(27)15-29-21(28)14-25(3)22-23-10-7-11-24-22/h4-12H,13-15H2,1-3H3. The molecule has 0 bridgehead atoms. The van der Waals surface area contributed by atoms with Gasteiger partial charge in [0.25, 0.3) is 0 Å². The molecular formula is C22H24N4O3. The van der Waals surface area contributed by atoms with Gasteiger partial charge in [-0.25, -0.2) is 9.97 Å². The van der Waals surface area contributed by atoms with Crippen molar-refractivity contribution in [1.82, 2.24) is 14.5 Å². The third-order valence-electron chi connectivity index (χ3n) is 4.68. The minimum atomic E-state index is -0.508. The van der Waals surface area contributed by atoms with Gasteiger partial charge in [-0.3, -0.25) is 9.59 Å². The Bertz CT molecular complexity index is 984. The number of esters is 1. The Morgan fingerprint density at radius 1 is 1.07 bits per heavy atom. The van der Waals surface area contributed by atoms with Gasteiger partial charge in [-0.2, -0.15) is 0 Å². The first-order valence-corrected chi connectivity index (χ1v) is 9.33. The molecule has 0 atom stereocenters. The normalized spacial score (nSPS) is 10.6. The van der Waals surface area contributed by atoms with Crippen molar-refractivity contribution in [3.05, 3.63) is 77.4 Å². The zero-order valence-electron chi connectivity index (χ0n) is 16.8. The minimum Gasteiger partial charge on any atom is -0.456 e. The fourth-order valence-electron chi connectivity index (χ4n) is 3.11. The van der Waals surface area contributed by atoms with Crippen molar-refractivity contribution in [3.63, 3.8) is 0 Å². The molecule has 1 aromatic carbocycles. The van der Waals surface area contributed by atoms with Crippen LogP contribution in [0.4, 0.5) is 5.95 Å². The maximum atomic E-state index is 12.6. The second-order valence-corrected chi connectivity index (χ2v) is 6.85. The number of hydrogen-bond acceptors (Lipinski definition) is 6. The van der Waals surface area contributed by atoms with Crippen molar-refractivity contribution in [2.75, 3.05) is 25.1 Å². The number of carbonyl (C=O) groups excluding carboxylic acids is 2. The summed E-state index contributed by atoms with van der Waals surface area (Å²) in [6.07, 6.45) is 3.19. The van der Waals surface area contributed by atoms with Crippen LogP contribution in [0.1, 0.15) is 27.3 Å². The van der Waals surface area contributed by atoms with Gasteiger partial charge < -0.3 is 14.2 Å². The zero-order valence-corrected chi connectivity index (χ0v) is 16.8. The Balaban J connectivity index is 1.59. The van der Waals surface area contributed by atoms with Crippen molar-refractivity contribution in [1.29, 1.82) is 0 Å². The monoisotopic (exact) mass is 392 g/mol. The van der Waals surface area contributed by atoms with Gasteiger partial charge in [-0.05, 0) is 31.5 Å². The lowest BCUT2D eigenvalue weighted by atomic mass is 10.1. The predicted octanol–water partition coefficient (Wildman–Crippen LogP) is 2.81. The van der Waals surface area contributed by atoms with Crippen LogP contribution < -0.4 is 4.90 Å². The Labute approximate surface area is 170 Å². The van der Waals surface area contributed by atoms with Gasteiger partial charge in [0, 0.05) is 42.9 Å². The van der Waals surface area contributed by atoms with Gasteiger partial charge >= 0.3 is 5.97 Å². The molecule has 0 saturated heterocycles. The molecule has 29 heavy (non-hydrogen) atoms. The molecule has 0 fully saturated rings. The lowest BCUT2D eigenvalue weighted by Crippen LogP contribution is -2.29. The van der Waals surface area contributed by atoms with Gasteiger partial charge in [0.05, 0.1) is 0 Å². The molecule has 0 saturated carbocycles. The van der Waals surface area contributed by atoms with Gasteiger partial charge in [0.2, 0.25) is 11.7 Å². The number of benzene rings is 1. The van der Waals surface area contributed by atoms with E-state index in [2.05, 4.69) is 26.7 Å². The maximum absolute atomic E-state index is 12.6. The van der Waals surface area contributed by atoms with Crippen molar-refractivity contribution < 1.29 is 14.3 Å². The van der Waals surface area contributed by atoms with Crippen molar-refractivity contribution in [2.45, 2.75) is 20.4 Å². The highest BCUT2D eigenvalue weighted by Gasteiger charge is 2.18. The van der Waals surface area contributed by atoms with Gasteiger partial charge in [-0.1, -0.05) is 30.3 Å². The molecule has 7 nitrogen and oxygen atoms in total. The van der Waals surface area contributed by atoms with Crippen molar-refractivity contribution in [2.24, 2.45) is 0 Å². The molecule has 0 radical (unpaired) electrons. The largest absolute Gasteiger partial charge is 0.456 e.